The van der Waals surface area contributed by atoms with E-state index in [0.29, 0.717) is 31.6 Å². The number of halogens is 2. The van der Waals surface area contributed by atoms with Crippen LogP contribution in [-0.4, -0.2) is 42.0 Å². The Morgan fingerprint density at radius 3 is 2.50 bits per heavy atom. The number of rotatable bonds is 9. The predicted molar refractivity (Wildman–Crippen MR) is 138 cm³/mol. The second-order valence-corrected chi connectivity index (χ2v) is 10.5. The van der Waals surface area contributed by atoms with E-state index in [-0.39, 0.29) is 13.1 Å². The zero-order valence-electron chi connectivity index (χ0n) is 21.3. The second-order valence-electron chi connectivity index (χ2n) is 10.5. The minimum absolute atomic E-state index is 0.132. The zero-order chi connectivity index (χ0) is 25.3. The molecule has 6 heteroatoms. The molecule has 1 aliphatic carbocycles. The lowest BCUT2D eigenvalue weighted by molar-refractivity contribution is -0.130. The van der Waals surface area contributed by atoms with Gasteiger partial charge in [-0.2, -0.15) is 0 Å². The number of benzene rings is 2. The highest BCUT2D eigenvalue weighted by Crippen LogP contribution is 2.33. The number of pyridine rings is 1. The zero-order valence-corrected chi connectivity index (χ0v) is 21.3. The highest BCUT2D eigenvalue weighted by molar-refractivity contribution is 5.72. The first kappa shape index (κ1) is 24.7. The normalized spacial score (nSPS) is 18.5. The van der Waals surface area contributed by atoms with Gasteiger partial charge < -0.3 is 9.47 Å². The van der Waals surface area contributed by atoms with Gasteiger partial charge in [0.1, 0.15) is 12.4 Å². The lowest BCUT2D eigenvalue weighted by atomic mass is 9.94. The predicted octanol–water partition coefficient (Wildman–Crippen LogP) is 6.40. The number of nitrogens with zero attached hydrogens (tertiary/aromatic N) is 2. The Balaban J connectivity index is 1.19. The fourth-order valence-electron chi connectivity index (χ4n) is 5.46. The Morgan fingerprint density at radius 2 is 1.75 bits per heavy atom. The number of alkyl halides is 2. The van der Waals surface area contributed by atoms with Crippen molar-refractivity contribution in [3.05, 3.63) is 76.5 Å². The van der Waals surface area contributed by atoms with Crippen molar-refractivity contribution in [2.45, 2.75) is 52.6 Å². The number of hydrogen-bond donors (Lipinski definition) is 0. The Labute approximate surface area is 212 Å². The van der Waals surface area contributed by atoms with Crippen LogP contribution in [0.25, 0.3) is 11.1 Å². The van der Waals surface area contributed by atoms with Crippen molar-refractivity contribution >= 4 is 0 Å². The molecule has 2 aliphatic rings. The third-order valence-corrected chi connectivity index (χ3v) is 7.10. The Hall–Kier alpha value is -2.99. The minimum Gasteiger partial charge on any atom is -0.494 e. The number of aromatic nitrogens is 1. The van der Waals surface area contributed by atoms with Crippen LogP contribution in [-0.2, 0) is 19.4 Å². The van der Waals surface area contributed by atoms with E-state index < -0.39 is 5.92 Å². The molecule has 190 valence electrons. The van der Waals surface area contributed by atoms with E-state index >= 15 is 0 Å². The fourth-order valence-corrected chi connectivity index (χ4v) is 5.46. The molecule has 2 heterocycles. The van der Waals surface area contributed by atoms with Gasteiger partial charge in [0.15, 0.2) is 0 Å². The molecule has 5 rings (SSSR count). The monoisotopic (exact) mass is 492 g/mol. The molecular formula is C30H34F2N2O2. The molecule has 0 amide bonds. The largest absolute Gasteiger partial charge is 0.494 e. The van der Waals surface area contributed by atoms with Crippen LogP contribution in [0.1, 0.15) is 41.2 Å². The van der Waals surface area contributed by atoms with Crippen molar-refractivity contribution in [3.63, 3.8) is 0 Å². The average molecular weight is 493 g/mol. The molecular weight excluding hydrogens is 458 g/mol. The molecule has 1 fully saturated rings. The first-order chi connectivity index (χ1) is 17.3. The van der Waals surface area contributed by atoms with Gasteiger partial charge in [-0.05, 0) is 96.2 Å². The van der Waals surface area contributed by atoms with Crippen molar-refractivity contribution in [1.82, 2.24) is 9.88 Å². The van der Waals surface area contributed by atoms with Gasteiger partial charge in [-0.25, -0.2) is 13.8 Å². The maximum Gasteiger partial charge on any atom is 0.272 e. The van der Waals surface area contributed by atoms with Gasteiger partial charge >= 0.3 is 0 Å². The number of fused-ring (bicyclic) bond motifs is 1. The molecule has 0 radical (unpaired) electrons. The maximum absolute atomic E-state index is 12.9. The summed E-state index contributed by atoms with van der Waals surface area (Å²) in [5, 5.41) is 0. The van der Waals surface area contributed by atoms with Crippen LogP contribution < -0.4 is 9.47 Å². The van der Waals surface area contributed by atoms with Crippen LogP contribution in [0, 0.1) is 19.8 Å². The summed E-state index contributed by atoms with van der Waals surface area (Å²) in [6.45, 7) is 7.82. The standard InChI is InChI=1S/C30H34F2N2O2/c1-20-10-25-15-28(33-16-26(25)11-20)36-17-23-6-4-7-24(14-23)29-21(2)12-27(13-22(29)3)35-9-5-8-34-18-30(31,32)19-34/h4,6-7,12-16,20H,5,8-11,17-19H2,1-3H3. The van der Waals surface area contributed by atoms with Gasteiger partial charge in [-0.1, -0.05) is 25.1 Å². The van der Waals surface area contributed by atoms with Crippen molar-refractivity contribution in [1.29, 1.82) is 0 Å². The van der Waals surface area contributed by atoms with E-state index in [0.717, 1.165) is 47.3 Å². The smallest absolute Gasteiger partial charge is 0.272 e. The first-order valence-corrected chi connectivity index (χ1v) is 12.8. The molecule has 0 N–H and O–H groups in total. The van der Waals surface area contributed by atoms with E-state index in [2.05, 4.69) is 68.2 Å². The van der Waals surface area contributed by atoms with Crippen molar-refractivity contribution in [3.8, 4) is 22.8 Å². The van der Waals surface area contributed by atoms with Gasteiger partial charge in [-0.15, -0.1) is 0 Å². The molecule has 1 aliphatic heterocycles. The van der Waals surface area contributed by atoms with Crippen LogP contribution in [0.15, 0.2) is 48.7 Å². The van der Waals surface area contributed by atoms with Crippen molar-refractivity contribution < 1.29 is 18.3 Å². The van der Waals surface area contributed by atoms with E-state index in [9.17, 15) is 8.78 Å². The highest BCUT2D eigenvalue weighted by atomic mass is 19.3. The lowest BCUT2D eigenvalue weighted by Crippen LogP contribution is -2.56. The van der Waals surface area contributed by atoms with E-state index in [1.807, 2.05) is 6.20 Å². The second kappa shape index (κ2) is 10.2. The van der Waals surface area contributed by atoms with E-state index in [1.165, 1.54) is 16.7 Å². The molecule has 3 aromatic rings. The summed E-state index contributed by atoms with van der Waals surface area (Å²) < 4.78 is 37.9. The van der Waals surface area contributed by atoms with Crippen molar-refractivity contribution in [2.24, 2.45) is 5.92 Å². The maximum atomic E-state index is 12.9. The number of likely N-dealkylation sites (tertiary alicyclic amines) is 1. The molecule has 0 bridgehead atoms. The molecule has 2 aromatic carbocycles. The molecule has 4 nitrogen and oxygen atoms in total. The summed E-state index contributed by atoms with van der Waals surface area (Å²) >= 11 is 0. The van der Waals surface area contributed by atoms with Crippen molar-refractivity contribution in [2.75, 3.05) is 26.2 Å². The van der Waals surface area contributed by atoms with Gasteiger partial charge in [0, 0.05) is 18.8 Å². The summed E-state index contributed by atoms with van der Waals surface area (Å²) in [6.07, 6.45) is 4.90. The van der Waals surface area contributed by atoms with Crippen LogP contribution in [0.2, 0.25) is 0 Å². The van der Waals surface area contributed by atoms with Crippen LogP contribution in [0.4, 0.5) is 8.78 Å². The summed E-state index contributed by atoms with van der Waals surface area (Å²) in [5.41, 5.74) is 8.41. The molecule has 1 unspecified atom stereocenters. The van der Waals surface area contributed by atoms with Gasteiger partial charge in [-0.3, -0.25) is 4.90 Å². The van der Waals surface area contributed by atoms with Crippen LogP contribution in [0.3, 0.4) is 0 Å². The molecule has 1 atom stereocenters. The quantitative estimate of drug-likeness (QED) is 0.324. The van der Waals surface area contributed by atoms with Gasteiger partial charge in [0.25, 0.3) is 5.92 Å². The molecule has 0 spiro atoms. The SMILES string of the molecule is Cc1cc(OCCCN2CC(F)(F)C2)cc(C)c1-c1cccc(COc2cc3c(cn2)CC(C)C3)c1. The molecule has 1 saturated heterocycles. The molecule has 0 saturated carbocycles. The fraction of sp³-hybridized carbons (Fsp3) is 0.433. The summed E-state index contributed by atoms with van der Waals surface area (Å²) in [6, 6.07) is 14.6. The third kappa shape index (κ3) is 5.70. The van der Waals surface area contributed by atoms with Crippen LogP contribution >= 0.6 is 0 Å². The topological polar surface area (TPSA) is 34.6 Å². The number of ether oxygens (including phenoxy) is 2. The third-order valence-electron chi connectivity index (χ3n) is 7.10. The Kier molecular flexibility index (Phi) is 6.98. The minimum atomic E-state index is -2.51. The van der Waals surface area contributed by atoms with E-state index in [1.54, 1.807) is 4.90 Å². The lowest BCUT2D eigenvalue weighted by Gasteiger charge is -2.38. The van der Waals surface area contributed by atoms with Gasteiger partial charge in [0.2, 0.25) is 5.88 Å². The van der Waals surface area contributed by atoms with E-state index in [4.69, 9.17) is 9.47 Å². The Morgan fingerprint density at radius 1 is 1.00 bits per heavy atom. The average Bonchev–Trinajstić information content (AvgIpc) is 3.18. The van der Waals surface area contributed by atoms with Crippen LogP contribution in [0.5, 0.6) is 11.6 Å². The summed E-state index contributed by atoms with van der Waals surface area (Å²) in [5.74, 6) is -0.326. The Bertz CT molecular complexity index is 1210. The number of hydrogen-bond acceptors (Lipinski definition) is 4. The van der Waals surface area contributed by atoms with Gasteiger partial charge in [0.05, 0.1) is 19.7 Å². The number of aryl methyl sites for hydroxylation is 2. The highest BCUT2D eigenvalue weighted by Gasteiger charge is 2.43. The summed E-state index contributed by atoms with van der Waals surface area (Å²) in [4.78, 5) is 6.27. The summed E-state index contributed by atoms with van der Waals surface area (Å²) in [7, 11) is 0. The first-order valence-electron chi connectivity index (χ1n) is 12.8. The molecule has 1 aromatic heterocycles. The molecule has 36 heavy (non-hydrogen) atoms.